The molecular formula is C30H26N6O3S. The molecule has 40 heavy (non-hydrogen) atoms. The lowest BCUT2D eigenvalue weighted by Gasteiger charge is -2.10. The van der Waals surface area contributed by atoms with Gasteiger partial charge in [0.25, 0.3) is 5.91 Å². The third-order valence-corrected chi connectivity index (χ3v) is 6.69. The van der Waals surface area contributed by atoms with Crippen LogP contribution in [0.3, 0.4) is 0 Å². The molecule has 0 aliphatic carbocycles. The summed E-state index contributed by atoms with van der Waals surface area (Å²) < 4.78 is 13.2. The first-order chi connectivity index (χ1) is 19.7. The number of hydrogen-bond donors (Lipinski definition) is 1. The van der Waals surface area contributed by atoms with E-state index in [1.54, 1.807) is 25.7 Å². The molecule has 0 aliphatic heterocycles. The molecule has 200 valence electrons. The molecule has 2 heterocycles. The number of carbonyl (C=O) groups is 1. The Labute approximate surface area is 235 Å². The SMILES string of the molecule is COc1cccc(COc2ccccc2/C=N\NC(=O)CSc2nnc(-c3ccncc3)n2-c2ccccc2)c1. The first-order valence-corrected chi connectivity index (χ1v) is 13.4. The minimum Gasteiger partial charge on any atom is -0.497 e. The summed E-state index contributed by atoms with van der Waals surface area (Å²) in [5, 5.41) is 13.5. The Hall–Kier alpha value is -4.96. The lowest BCUT2D eigenvalue weighted by molar-refractivity contribution is -0.118. The van der Waals surface area contributed by atoms with Crippen LogP contribution in [0.2, 0.25) is 0 Å². The molecule has 1 amide bonds. The number of amides is 1. The first kappa shape index (κ1) is 26.6. The number of aromatic nitrogens is 4. The quantitative estimate of drug-likeness (QED) is 0.138. The Bertz CT molecular complexity index is 1590. The lowest BCUT2D eigenvalue weighted by atomic mass is 10.2. The fraction of sp³-hybridized carbons (Fsp3) is 0.100. The van der Waals surface area contributed by atoms with Crippen molar-refractivity contribution in [2.75, 3.05) is 12.9 Å². The van der Waals surface area contributed by atoms with E-state index >= 15 is 0 Å². The standard InChI is InChI=1S/C30H26N6O3S/c1-38-26-12-7-8-22(18-26)20-39-27-13-6-5-9-24(27)19-32-33-28(37)21-40-30-35-34-29(23-14-16-31-17-15-23)36(30)25-10-3-2-4-11-25/h2-19H,20-21H2,1H3,(H,33,37)/b32-19-. The monoisotopic (exact) mass is 550 g/mol. The number of hydrogen-bond acceptors (Lipinski definition) is 8. The summed E-state index contributed by atoms with van der Waals surface area (Å²) in [6.45, 7) is 0.370. The van der Waals surface area contributed by atoms with Crippen molar-refractivity contribution in [3.63, 3.8) is 0 Å². The fourth-order valence-electron chi connectivity index (χ4n) is 3.84. The second-order valence-corrected chi connectivity index (χ2v) is 9.42. The number of carbonyl (C=O) groups excluding carboxylic acids is 1. The summed E-state index contributed by atoms with van der Waals surface area (Å²) in [4.78, 5) is 16.7. The zero-order valence-corrected chi connectivity index (χ0v) is 22.5. The van der Waals surface area contributed by atoms with E-state index in [0.29, 0.717) is 23.3 Å². The number of para-hydroxylation sites is 2. The maximum absolute atomic E-state index is 12.6. The average Bonchev–Trinajstić information content (AvgIpc) is 3.44. The van der Waals surface area contributed by atoms with E-state index in [1.807, 2.05) is 95.6 Å². The van der Waals surface area contributed by atoms with Gasteiger partial charge < -0.3 is 9.47 Å². The van der Waals surface area contributed by atoms with Crippen molar-refractivity contribution in [1.82, 2.24) is 25.2 Å². The number of nitrogens with one attached hydrogen (secondary N) is 1. The number of pyridine rings is 1. The normalized spacial score (nSPS) is 10.9. The van der Waals surface area contributed by atoms with E-state index < -0.39 is 0 Å². The molecule has 1 N–H and O–H groups in total. The smallest absolute Gasteiger partial charge is 0.250 e. The summed E-state index contributed by atoms with van der Waals surface area (Å²) in [7, 11) is 1.63. The molecule has 0 saturated carbocycles. The van der Waals surface area contributed by atoms with Gasteiger partial charge in [-0.3, -0.25) is 14.3 Å². The molecule has 0 radical (unpaired) electrons. The highest BCUT2D eigenvalue weighted by atomic mass is 32.2. The van der Waals surface area contributed by atoms with Crippen molar-refractivity contribution in [2.24, 2.45) is 5.10 Å². The van der Waals surface area contributed by atoms with Gasteiger partial charge in [-0.15, -0.1) is 10.2 Å². The van der Waals surface area contributed by atoms with Crippen molar-refractivity contribution in [1.29, 1.82) is 0 Å². The van der Waals surface area contributed by atoms with Crippen molar-refractivity contribution < 1.29 is 14.3 Å². The largest absolute Gasteiger partial charge is 0.497 e. The van der Waals surface area contributed by atoms with Crippen LogP contribution in [0.5, 0.6) is 11.5 Å². The fourth-order valence-corrected chi connectivity index (χ4v) is 4.58. The van der Waals surface area contributed by atoms with E-state index in [4.69, 9.17) is 9.47 Å². The number of ether oxygens (including phenoxy) is 2. The number of nitrogens with zero attached hydrogens (tertiary/aromatic N) is 5. The molecule has 0 unspecified atom stereocenters. The number of rotatable bonds is 11. The van der Waals surface area contributed by atoms with E-state index in [-0.39, 0.29) is 11.7 Å². The molecule has 5 rings (SSSR count). The van der Waals surface area contributed by atoms with Crippen LogP contribution in [-0.2, 0) is 11.4 Å². The van der Waals surface area contributed by atoms with Gasteiger partial charge in [-0.2, -0.15) is 5.10 Å². The van der Waals surface area contributed by atoms with Crippen LogP contribution in [0.1, 0.15) is 11.1 Å². The van der Waals surface area contributed by atoms with Gasteiger partial charge in [0.05, 0.1) is 19.1 Å². The van der Waals surface area contributed by atoms with Crippen molar-refractivity contribution >= 4 is 23.9 Å². The third kappa shape index (κ3) is 6.72. The summed E-state index contributed by atoms with van der Waals surface area (Å²) in [5.74, 6) is 1.92. The summed E-state index contributed by atoms with van der Waals surface area (Å²) in [6, 6.07) is 28.7. The highest BCUT2D eigenvalue weighted by Crippen LogP contribution is 2.27. The molecule has 9 nitrogen and oxygen atoms in total. The predicted molar refractivity (Wildman–Crippen MR) is 155 cm³/mol. The lowest BCUT2D eigenvalue weighted by Crippen LogP contribution is -2.20. The van der Waals surface area contributed by atoms with Crippen molar-refractivity contribution in [3.8, 4) is 28.6 Å². The van der Waals surface area contributed by atoms with E-state index in [0.717, 1.165) is 28.1 Å². The Morgan fingerprint density at radius 2 is 1.77 bits per heavy atom. The molecule has 10 heteroatoms. The average molecular weight is 551 g/mol. The van der Waals surface area contributed by atoms with Gasteiger partial charge in [0.1, 0.15) is 18.1 Å². The molecule has 0 aliphatic rings. The van der Waals surface area contributed by atoms with E-state index in [2.05, 4.69) is 25.7 Å². The molecule has 0 atom stereocenters. The summed E-state index contributed by atoms with van der Waals surface area (Å²) in [5.41, 5.74) is 6.07. The highest BCUT2D eigenvalue weighted by molar-refractivity contribution is 7.99. The van der Waals surface area contributed by atoms with Crippen LogP contribution in [0, 0.1) is 0 Å². The van der Waals surface area contributed by atoms with Crippen LogP contribution in [0.15, 0.2) is 114 Å². The predicted octanol–water partition coefficient (Wildman–Crippen LogP) is 5.16. The molecule has 0 fully saturated rings. The Balaban J connectivity index is 1.22. The Morgan fingerprint density at radius 1 is 0.975 bits per heavy atom. The van der Waals surface area contributed by atoms with E-state index in [1.165, 1.54) is 11.8 Å². The minimum absolute atomic E-state index is 0.104. The van der Waals surface area contributed by atoms with Crippen LogP contribution in [0.4, 0.5) is 0 Å². The van der Waals surface area contributed by atoms with E-state index in [9.17, 15) is 4.79 Å². The summed E-state index contributed by atoms with van der Waals surface area (Å²) >= 11 is 1.28. The highest BCUT2D eigenvalue weighted by Gasteiger charge is 2.17. The van der Waals surface area contributed by atoms with Gasteiger partial charge in [0, 0.05) is 29.2 Å². The van der Waals surface area contributed by atoms with Crippen molar-refractivity contribution in [2.45, 2.75) is 11.8 Å². The minimum atomic E-state index is -0.274. The molecular weight excluding hydrogens is 524 g/mol. The molecule has 3 aromatic carbocycles. The maximum Gasteiger partial charge on any atom is 0.250 e. The molecule has 0 spiro atoms. The van der Waals surface area contributed by atoms with Gasteiger partial charge in [0.2, 0.25) is 0 Å². The van der Waals surface area contributed by atoms with Crippen molar-refractivity contribution in [3.05, 3.63) is 115 Å². The molecule has 5 aromatic rings. The Morgan fingerprint density at radius 3 is 2.60 bits per heavy atom. The number of benzene rings is 3. The number of methoxy groups -OCH3 is 1. The molecule has 0 saturated heterocycles. The number of thioether (sulfide) groups is 1. The van der Waals surface area contributed by atoms with Gasteiger partial charge in [-0.1, -0.05) is 54.2 Å². The Kier molecular flexibility index (Phi) is 8.80. The zero-order chi connectivity index (χ0) is 27.6. The van der Waals surface area contributed by atoms with Gasteiger partial charge in [-0.25, -0.2) is 5.43 Å². The topological polar surface area (TPSA) is 104 Å². The van der Waals surface area contributed by atoms with Crippen LogP contribution >= 0.6 is 11.8 Å². The third-order valence-electron chi connectivity index (χ3n) is 5.76. The van der Waals surface area contributed by atoms with Gasteiger partial charge in [0.15, 0.2) is 11.0 Å². The second-order valence-electron chi connectivity index (χ2n) is 8.47. The maximum atomic E-state index is 12.6. The second kappa shape index (κ2) is 13.2. The first-order valence-electron chi connectivity index (χ1n) is 12.4. The van der Waals surface area contributed by atoms with Crippen LogP contribution in [-0.4, -0.2) is 44.7 Å². The molecule has 2 aromatic heterocycles. The van der Waals surface area contributed by atoms with Crippen LogP contribution in [0.25, 0.3) is 17.1 Å². The number of hydrazone groups is 1. The molecule has 0 bridgehead atoms. The van der Waals surface area contributed by atoms with Gasteiger partial charge in [-0.05, 0) is 54.1 Å². The van der Waals surface area contributed by atoms with Crippen LogP contribution < -0.4 is 14.9 Å². The summed E-state index contributed by atoms with van der Waals surface area (Å²) in [6.07, 6.45) is 4.98. The zero-order valence-electron chi connectivity index (χ0n) is 21.7. The van der Waals surface area contributed by atoms with Gasteiger partial charge >= 0.3 is 0 Å².